The van der Waals surface area contributed by atoms with Gasteiger partial charge in [-0.3, -0.25) is 0 Å². The van der Waals surface area contributed by atoms with E-state index in [0.29, 0.717) is 18.0 Å². The zero-order valence-corrected chi connectivity index (χ0v) is 10.8. The Labute approximate surface area is 102 Å². The molecule has 0 saturated carbocycles. The van der Waals surface area contributed by atoms with Crippen LogP contribution in [-0.4, -0.2) is 25.3 Å². The number of sulfonamides is 1. The van der Waals surface area contributed by atoms with Gasteiger partial charge in [0.15, 0.2) is 0 Å². The summed E-state index contributed by atoms with van der Waals surface area (Å²) >= 11 is 0. The highest BCUT2D eigenvalue weighted by atomic mass is 32.2. The summed E-state index contributed by atoms with van der Waals surface area (Å²) in [6.07, 6.45) is 1.89. The SMILES string of the molecule is CC1CCCN1S(=O)(=O)c1ccc(CN)cc1. The standard InChI is InChI=1S/C12H18N2O2S/c1-10-3-2-8-14(10)17(15,16)12-6-4-11(9-13)5-7-12/h4-7,10H,2-3,8-9,13H2,1H3. The molecule has 2 N–H and O–H groups in total. The minimum Gasteiger partial charge on any atom is -0.326 e. The molecule has 0 amide bonds. The van der Waals surface area contributed by atoms with Crippen LogP contribution in [0.5, 0.6) is 0 Å². The van der Waals surface area contributed by atoms with Crippen LogP contribution in [0.25, 0.3) is 0 Å². The van der Waals surface area contributed by atoms with Crippen molar-refractivity contribution in [3.63, 3.8) is 0 Å². The van der Waals surface area contributed by atoms with E-state index in [1.54, 1.807) is 28.6 Å². The average Bonchev–Trinajstić information content (AvgIpc) is 2.76. The van der Waals surface area contributed by atoms with Crippen LogP contribution in [0.4, 0.5) is 0 Å². The highest BCUT2D eigenvalue weighted by molar-refractivity contribution is 7.89. The Balaban J connectivity index is 2.31. The van der Waals surface area contributed by atoms with Crippen LogP contribution in [0.15, 0.2) is 29.2 Å². The fourth-order valence-corrected chi connectivity index (χ4v) is 3.90. The van der Waals surface area contributed by atoms with E-state index in [0.717, 1.165) is 18.4 Å². The van der Waals surface area contributed by atoms with Crippen molar-refractivity contribution in [2.24, 2.45) is 5.73 Å². The Hall–Kier alpha value is -0.910. The number of hydrogen-bond acceptors (Lipinski definition) is 3. The molecule has 0 aliphatic carbocycles. The van der Waals surface area contributed by atoms with Crippen LogP contribution in [0, 0.1) is 0 Å². The second kappa shape index (κ2) is 4.76. The Morgan fingerprint density at radius 2 is 2.00 bits per heavy atom. The number of nitrogens with zero attached hydrogens (tertiary/aromatic N) is 1. The van der Waals surface area contributed by atoms with E-state index in [-0.39, 0.29) is 6.04 Å². The van der Waals surface area contributed by atoms with Gasteiger partial charge >= 0.3 is 0 Å². The predicted octanol–water partition coefficient (Wildman–Crippen LogP) is 1.32. The maximum absolute atomic E-state index is 12.3. The van der Waals surface area contributed by atoms with Gasteiger partial charge in [0.2, 0.25) is 10.0 Å². The Morgan fingerprint density at radius 1 is 1.35 bits per heavy atom. The minimum absolute atomic E-state index is 0.106. The molecule has 1 aromatic rings. The van der Waals surface area contributed by atoms with E-state index in [4.69, 9.17) is 5.73 Å². The van der Waals surface area contributed by atoms with Crippen LogP contribution in [-0.2, 0) is 16.6 Å². The van der Waals surface area contributed by atoms with Gasteiger partial charge in [0, 0.05) is 19.1 Å². The van der Waals surface area contributed by atoms with Crippen molar-refractivity contribution >= 4 is 10.0 Å². The van der Waals surface area contributed by atoms with E-state index in [9.17, 15) is 8.42 Å². The Bertz CT molecular complexity index is 482. The summed E-state index contributed by atoms with van der Waals surface area (Å²) in [4.78, 5) is 0.364. The molecule has 0 bridgehead atoms. The van der Waals surface area contributed by atoms with Crippen molar-refractivity contribution in [2.75, 3.05) is 6.54 Å². The first-order chi connectivity index (χ1) is 8.05. The minimum atomic E-state index is -3.32. The molecule has 0 radical (unpaired) electrons. The normalized spacial score (nSPS) is 21.9. The van der Waals surface area contributed by atoms with Crippen molar-refractivity contribution < 1.29 is 8.42 Å². The molecule has 94 valence electrons. The summed E-state index contributed by atoms with van der Waals surface area (Å²) < 4.78 is 26.3. The van der Waals surface area contributed by atoms with Crippen molar-refractivity contribution in [3.8, 4) is 0 Å². The first-order valence-corrected chi connectivity index (χ1v) is 7.30. The lowest BCUT2D eigenvalue weighted by molar-refractivity contribution is 0.408. The number of nitrogens with two attached hydrogens (primary N) is 1. The zero-order chi connectivity index (χ0) is 12.5. The summed E-state index contributed by atoms with van der Waals surface area (Å²) in [6.45, 7) is 3.02. The van der Waals surface area contributed by atoms with Gasteiger partial charge in [-0.1, -0.05) is 12.1 Å². The van der Waals surface area contributed by atoms with E-state index in [1.165, 1.54) is 0 Å². The molecule has 1 aliphatic heterocycles. The smallest absolute Gasteiger partial charge is 0.243 e. The third-order valence-electron chi connectivity index (χ3n) is 3.26. The molecule has 0 spiro atoms. The Morgan fingerprint density at radius 3 is 2.47 bits per heavy atom. The predicted molar refractivity (Wildman–Crippen MR) is 66.9 cm³/mol. The molecule has 5 heteroatoms. The molecule has 4 nitrogen and oxygen atoms in total. The van der Waals surface area contributed by atoms with E-state index in [1.807, 2.05) is 6.92 Å². The lowest BCUT2D eigenvalue weighted by Gasteiger charge is -2.20. The van der Waals surface area contributed by atoms with Crippen LogP contribution in [0.1, 0.15) is 25.3 Å². The fraction of sp³-hybridized carbons (Fsp3) is 0.500. The van der Waals surface area contributed by atoms with Crippen molar-refractivity contribution in [1.82, 2.24) is 4.31 Å². The van der Waals surface area contributed by atoms with Crippen molar-refractivity contribution in [1.29, 1.82) is 0 Å². The molecule has 1 saturated heterocycles. The van der Waals surface area contributed by atoms with Gasteiger partial charge in [-0.15, -0.1) is 0 Å². The summed E-state index contributed by atoms with van der Waals surface area (Å²) in [5.74, 6) is 0. The van der Waals surface area contributed by atoms with Crippen LogP contribution in [0.2, 0.25) is 0 Å². The fourth-order valence-electron chi connectivity index (χ4n) is 2.20. The first kappa shape index (κ1) is 12.5. The van der Waals surface area contributed by atoms with Crippen molar-refractivity contribution in [3.05, 3.63) is 29.8 Å². The van der Waals surface area contributed by atoms with Gasteiger partial charge in [-0.25, -0.2) is 8.42 Å². The molecule has 17 heavy (non-hydrogen) atoms. The summed E-state index contributed by atoms with van der Waals surface area (Å²) in [5, 5.41) is 0. The van der Waals surface area contributed by atoms with Crippen LogP contribution >= 0.6 is 0 Å². The Kier molecular flexibility index (Phi) is 3.51. The lowest BCUT2D eigenvalue weighted by Crippen LogP contribution is -2.33. The van der Waals surface area contributed by atoms with E-state index >= 15 is 0 Å². The third-order valence-corrected chi connectivity index (χ3v) is 5.29. The third kappa shape index (κ3) is 2.36. The number of hydrogen-bond donors (Lipinski definition) is 1. The molecule has 1 fully saturated rings. The summed E-state index contributed by atoms with van der Waals surface area (Å²) in [6, 6.07) is 6.93. The van der Waals surface area contributed by atoms with Gasteiger partial charge in [0.05, 0.1) is 4.90 Å². The second-order valence-corrected chi connectivity index (χ2v) is 6.35. The highest BCUT2D eigenvalue weighted by Gasteiger charge is 2.32. The maximum atomic E-state index is 12.3. The van der Waals surface area contributed by atoms with Gasteiger partial charge in [-0.05, 0) is 37.5 Å². The molecular formula is C12H18N2O2S. The highest BCUT2D eigenvalue weighted by Crippen LogP contribution is 2.25. The first-order valence-electron chi connectivity index (χ1n) is 5.86. The molecule has 1 heterocycles. The largest absolute Gasteiger partial charge is 0.326 e. The lowest BCUT2D eigenvalue weighted by atomic mass is 10.2. The molecule has 1 aliphatic rings. The van der Waals surface area contributed by atoms with Crippen LogP contribution in [0.3, 0.4) is 0 Å². The molecule has 1 unspecified atom stereocenters. The average molecular weight is 254 g/mol. The molecule has 0 aromatic heterocycles. The van der Waals surface area contributed by atoms with Gasteiger partial charge < -0.3 is 5.73 Å². The van der Waals surface area contributed by atoms with Gasteiger partial charge in [-0.2, -0.15) is 4.31 Å². The molecular weight excluding hydrogens is 236 g/mol. The maximum Gasteiger partial charge on any atom is 0.243 e. The van der Waals surface area contributed by atoms with E-state index in [2.05, 4.69) is 0 Å². The van der Waals surface area contributed by atoms with Gasteiger partial charge in [0.1, 0.15) is 0 Å². The number of rotatable bonds is 3. The van der Waals surface area contributed by atoms with Crippen LogP contribution < -0.4 is 5.73 Å². The monoisotopic (exact) mass is 254 g/mol. The summed E-state index contributed by atoms with van der Waals surface area (Å²) in [5.41, 5.74) is 6.44. The topological polar surface area (TPSA) is 63.4 Å². The second-order valence-electron chi connectivity index (χ2n) is 4.46. The molecule has 1 aromatic carbocycles. The van der Waals surface area contributed by atoms with Crippen molar-refractivity contribution in [2.45, 2.75) is 37.2 Å². The quantitative estimate of drug-likeness (QED) is 0.884. The number of benzene rings is 1. The molecule has 1 atom stereocenters. The molecule has 2 rings (SSSR count). The zero-order valence-electron chi connectivity index (χ0n) is 9.96. The summed E-state index contributed by atoms with van der Waals surface area (Å²) in [7, 11) is -3.32. The van der Waals surface area contributed by atoms with Gasteiger partial charge in [0.25, 0.3) is 0 Å². The van der Waals surface area contributed by atoms with E-state index < -0.39 is 10.0 Å².